The van der Waals surface area contributed by atoms with Gasteiger partial charge in [0.25, 0.3) is 0 Å². The molecule has 0 saturated carbocycles. The standard InChI is InChI=1S/C21H19ClFNO4/c1-21(2)14-7-11(28-9-10(26)8-25)3-4-12(14)19(27)16-13-5-6-15(22)17(23)18(13)24-20(16)21/h3-7,10,24-26H,8-9H2,1-2H3. The van der Waals surface area contributed by atoms with Crippen molar-refractivity contribution in [3.8, 4) is 5.75 Å². The van der Waals surface area contributed by atoms with Crippen LogP contribution in [0.25, 0.3) is 10.9 Å². The van der Waals surface area contributed by atoms with Crippen LogP contribution in [-0.4, -0.2) is 40.3 Å². The van der Waals surface area contributed by atoms with Crippen LogP contribution in [0.2, 0.25) is 5.02 Å². The number of aromatic amines is 1. The Morgan fingerprint density at radius 2 is 2.04 bits per heavy atom. The van der Waals surface area contributed by atoms with Gasteiger partial charge in [0.15, 0.2) is 11.6 Å². The number of halogens is 2. The molecule has 4 rings (SSSR count). The number of aliphatic hydroxyl groups is 2. The van der Waals surface area contributed by atoms with Gasteiger partial charge in [0, 0.05) is 22.1 Å². The average molecular weight is 404 g/mol. The summed E-state index contributed by atoms with van der Waals surface area (Å²) in [6.07, 6.45) is -0.987. The van der Waals surface area contributed by atoms with Crippen molar-refractivity contribution in [3.63, 3.8) is 0 Å². The molecule has 2 aromatic carbocycles. The van der Waals surface area contributed by atoms with E-state index in [1.807, 2.05) is 13.8 Å². The third-order valence-electron chi connectivity index (χ3n) is 5.28. The molecule has 0 radical (unpaired) electrons. The highest BCUT2D eigenvalue weighted by Crippen LogP contribution is 2.45. The molecular weight excluding hydrogens is 385 g/mol. The van der Waals surface area contributed by atoms with Crippen molar-refractivity contribution in [2.45, 2.75) is 25.4 Å². The fourth-order valence-corrected chi connectivity index (χ4v) is 3.91. The Bertz CT molecular complexity index is 1110. The zero-order valence-corrected chi connectivity index (χ0v) is 16.1. The van der Waals surface area contributed by atoms with E-state index < -0.39 is 23.9 Å². The summed E-state index contributed by atoms with van der Waals surface area (Å²) in [5, 5.41) is 18.9. The number of nitrogens with one attached hydrogen (secondary N) is 1. The summed E-state index contributed by atoms with van der Waals surface area (Å²) in [5.74, 6) is -0.302. The van der Waals surface area contributed by atoms with Gasteiger partial charge in [-0.25, -0.2) is 4.39 Å². The second-order valence-corrected chi connectivity index (χ2v) is 7.88. The van der Waals surface area contributed by atoms with Crippen molar-refractivity contribution < 1.29 is 24.1 Å². The van der Waals surface area contributed by atoms with Gasteiger partial charge >= 0.3 is 0 Å². The van der Waals surface area contributed by atoms with Gasteiger partial charge in [-0.3, -0.25) is 4.79 Å². The quantitative estimate of drug-likeness (QED) is 0.622. The maximum Gasteiger partial charge on any atom is 0.195 e. The minimum atomic E-state index is -0.987. The molecule has 1 heterocycles. The highest BCUT2D eigenvalue weighted by Gasteiger charge is 2.40. The molecule has 1 atom stereocenters. The first kappa shape index (κ1) is 18.9. The number of carbonyl (C=O) groups excluding carboxylic acids is 1. The number of ether oxygens (including phenoxy) is 1. The minimum absolute atomic E-state index is 0.00741. The van der Waals surface area contributed by atoms with Crippen molar-refractivity contribution in [1.82, 2.24) is 4.98 Å². The number of aromatic nitrogens is 1. The summed E-state index contributed by atoms with van der Waals surface area (Å²) < 4.78 is 20.1. The number of carbonyl (C=O) groups is 1. The van der Waals surface area contributed by atoms with E-state index in [2.05, 4.69) is 4.98 Å². The highest BCUT2D eigenvalue weighted by atomic mass is 35.5. The maximum atomic E-state index is 14.5. The fourth-order valence-electron chi connectivity index (χ4n) is 3.75. The molecule has 1 aliphatic rings. The van der Waals surface area contributed by atoms with Crippen molar-refractivity contribution in [1.29, 1.82) is 0 Å². The van der Waals surface area contributed by atoms with Gasteiger partial charge in [-0.05, 0) is 29.8 Å². The Hall–Kier alpha value is -2.41. The number of rotatable bonds is 4. The van der Waals surface area contributed by atoms with Crippen LogP contribution in [0.15, 0.2) is 30.3 Å². The van der Waals surface area contributed by atoms with Gasteiger partial charge in [-0.2, -0.15) is 0 Å². The zero-order chi connectivity index (χ0) is 20.2. The molecule has 0 amide bonds. The van der Waals surface area contributed by atoms with Crippen molar-refractivity contribution in [2.75, 3.05) is 13.2 Å². The summed E-state index contributed by atoms with van der Waals surface area (Å²) in [5.41, 5.74) is 1.92. The third kappa shape index (κ3) is 2.71. The molecule has 1 aliphatic carbocycles. The van der Waals surface area contributed by atoms with Crippen molar-refractivity contribution in [3.05, 3.63) is 63.6 Å². The number of fused-ring (bicyclic) bond motifs is 4. The number of H-pyrrole nitrogens is 1. The van der Waals surface area contributed by atoms with Crippen LogP contribution in [0.4, 0.5) is 4.39 Å². The van der Waals surface area contributed by atoms with E-state index in [4.69, 9.17) is 21.4 Å². The molecule has 1 unspecified atom stereocenters. The van der Waals surface area contributed by atoms with Gasteiger partial charge in [0.2, 0.25) is 0 Å². The first-order valence-corrected chi connectivity index (χ1v) is 9.24. The van der Waals surface area contributed by atoms with Gasteiger partial charge in [-0.1, -0.05) is 31.5 Å². The predicted octanol–water partition coefficient (Wildman–Crippen LogP) is 3.56. The lowest BCUT2D eigenvalue weighted by Gasteiger charge is -2.32. The molecule has 0 saturated heterocycles. The Kier molecular flexibility index (Phi) is 4.45. The summed E-state index contributed by atoms with van der Waals surface area (Å²) in [4.78, 5) is 16.3. The third-order valence-corrected chi connectivity index (χ3v) is 5.57. The maximum absolute atomic E-state index is 14.5. The Morgan fingerprint density at radius 3 is 2.75 bits per heavy atom. The van der Waals surface area contributed by atoms with Gasteiger partial charge in [-0.15, -0.1) is 0 Å². The van der Waals surface area contributed by atoms with E-state index in [1.54, 1.807) is 24.3 Å². The topological polar surface area (TPSA) is 82.5 Å². The molecule has 1 aromatic heterocycles. The molecule has 0 fully saturated rings. The van der Waals surface area contributed by atoms with E-state index in [9.17, 15) is 14.3 Å². The molecular formula is C21H19ClFNO4. The van der Waals surface area contributed by atoms with Crippen LogP contribution in [0.5, 0.6) is 5.75 Å². The largest absolute Gasteiger partial charge is 0.491 e. The number of aliphatic hydroxyl groups excluding tert-OH is 2. The van der Waals surface area contributed by atoms with E-state index in [0.29, 0.717) is 28.0 Å². The van der Waals surface area contributed by atoms with Crippen LogP contribution in [0.3, 0.4) is 0 Å². The normalized spacial score (nSPS) is 16.0. The minimum Gasteiger partial charge on any atom is -0.491 e. The molecule has 5 nitrogen and oxygen atoms in total. The van der Waals surface area contributed by atoms with Gasteiger partial charge in [0.1, 0.15) is 18.5 Å². The van der Waals surface area contributed by atoms with Crippen LogP contribution in [0.1, 0.15) is 41.0 Å². The molecule has 0 bridgehead atoms. The van der Waals surface area contributed by atoms with E-state index in [1.165, 1.54) is 6.07 Å². The molecule has 3 aromatic rings. The zero-order valence-electron chi connectivity index (χ0n) is 15.3. The van der Waals surface area contributed by atoms with E-state index >= 15 is 0 Å². The fraction of sp³-hybridized carbons (Fsp3) is 0.286. The first-order chi connectivity index (χ1) is 13.3. The van der Waals surface area contributed by atoms with Crippen molar-refractivity contribution in [2.24, 2.45) is 0 Å². The molecule has 28 heavy (non-hydrogen) atoms. The highest BCUT2D eigenvalue weighted by molar-refractivity contribution is 6.32. The lowest BCUT2D eigenvalue weighted by Crippen LogP contribution is -2.30. The van der Waals surface area contributed by atoms with Crippen LogP contribution in [0, 0.1) is 5.82 Å². The average Bonchev–Trinajstić information content (AvgIpc) is 3.09. The lowest BCUT2D eigenvalue weighted by atomic mass is 9.71. The van der Waals surface area contributed by atoms with E-state index in [-0.39, 0.29) is 22.9 Å². The van der Waals surface area contributed by atoms with Crippen LogP contribution in [-0.2, 0) is 5.41 Å². The number of hydrogen-bond acceptors (Lipinski definition) is 4. The van der Waals surface area contributed by atoms with Crippen LogP contribution >= 0.6 is 11.6 Å². The molecule has 3 N–H and O–H groups in total. The lowest BCUT2D eigenvalue weighted by molar-refractivity contribution is 0.0535. The van der Waals surface area contributed by atoms with Crippen LogP contribution < -0.4 is 4.74 Å². The predicted molar refractivity (Wildman–Crippen MR) is 104 cm³/mol. The second kappa shape index (κ2) is 6.58. The van der Waals surface area contributed by atoms with E-state index in [0.717, 1.165) is 5.56 Å². The molecule has 146 valence electrons. The summed E-state index contributed by atoms with van der Waals surface area (Å²) >= 11 is 5.91. The number of ketones is 1. The number of benzene rings is 2. The Balaban J connectivity index is 1.86. The van der Waals surface area contributed by atoms with Crippen molar-refractivity contribution >= 4 is 28.3 Å². The Morgan fingerprint density at radius 1 is 1.29 bits per heavy atom. The summed E-state index contributed by atoms with van der Waals surface area (Å²) in [6.45, 7) is 3.42. The SMILES string of the molecule is CC1(C)c2cc(OCC(O)CO)ccc2C(=O)c2c1[nH]c1c(F)c(Cl)ccc21. The van der Waals surface area contributed by atoms with Gasteiger partial charge in [0.05, 0.1) is 22.7 Å². The molecule has 0 spiro atoms. The monoisotopic (exact) mass is 403 g/mol. The number of hydrogen-bond donors (Lipinski definition) is 3. The second-order valence-electron chi connectivity index (χ2n) is 7.47. The first-order valence-electron chi connectivity index (χ1n) is 8.86. The Labute approximate surface area is 165 Å². The smallest absolute Gasteiger partial charge is 0.195 e. The summed E-state index contributed by atoms with van der Waals surface area (Å²) in [6, 6.07) is 8.17. The summed E-state index contributed by atoms with van der Waals surface area (Å²) in [7, 11) is 0. The van der Waals surface area contributed by atoms with Gasteiger partial charge < -0.3 is 19.9 Å². The molecule has 7 heteroatoms. The molecule has 0 aliphatic heterocycles.